The van der Waals surface area contributed by atoms with Crippen molar-refractivity contribution in [3.63, 3.8) is 0 Å². The molecule has 2 atom stereocenters. The highest BCUT2D eigenvalue weighted by Crippen LogP contribution is 2.41. The molecule has 1 saturated carbocycles. The molecule has 0 aromatic heterocycles. The molecule has 1 saturated heterocycles. The molecule has 0 radical (unpaired) electrons. The van der Waals surface area contributed by atoms with Crippen LogP contribution in [-0.2, 0) is 32.1 Å². The van der Waals surface area contributed by atoms with E-state index < -0.39 is 40.8 Å². The number of benzene rings is 2. The number of amides is 2. The van der Waals surface area contributed by atoms with Crippen LogP contribution in [0.15, 0.2) is 48.5 Å². The van der Waals surface area contributed by atoms with Crippen molar-refractivity contribution in [2.75, 3.05) is 33.9 Å². The Kier molecular flexibility index (Phi) is 9.54. The highest BCUT2D eigenvalue weighted by molar-refractivity contribution is 5.88. The van der Waals surface area contributed by atoms with E-state index in [0.717, 1.165) is 31.2 Å². The van der Waals surface area contributed by atoms with Crippen LogP contribution in [-0.4, -0.2) is 61.5 Å². The van der Waals surface area contributed by atoms with Crippen LogP contribution < -0.4 is 0 Å². The molecule has 43 heavy (non-hydrogen) atoms. The minimum atomic E-state index is -5.03. The molecular weight excluding hydrogens is 574 g/mol. The number of carbonyl (C=O) groups excluding carboxylic acids is 2. The molecule has 1 unspecified atom stereocenters. The number of carbonyl (C=O) groups is 2. The van der Waals surface area contributed by atoms with Gasteiger partial charge in [-0.05, 0) is 74.8 Å². The maximum Gasteiger partial charge on any atom is 0.416 e. The third-order valence-electron chi connectivity index (χ3n) is 9.09. The Hall–Kier alpha value is -3.08. The third kappa shape index (κ3) is 7.19. The fourth-order valence-electron chi connectivity index (χ4n) is 6.49. The topological polar surface area (TPSA) is 49.9 Å². The summed E-state index contributed by atoms with van der Waals surface area (Å²) in [7, 11) is 3.17. The molecule has 2 aromatic carbocycles. The van der Waals surface area contributed by atoms with Crippen molar-refractivity contribution >= 4 is 11.8 Å². The number of nitrogens with zero attached hydrogens (tertiary/aromatic N) is 2. The number of likely N-dealkylation sites (tertiary alicyclic amines) is 1. The summed E-state index contributed by atoms with van der Waals surface area (Å²) >= 11 is 0. The lowest BCUT2D eigenvalue weighted by Gasteiger charge is -2.36. The standard InChI is InChI=1S/C32H38F6N2O3/c1-30(2,23-14-24(31(33,34)35)16-25(15-23)32(36,37)38)29(42)39(3)27-18-40(17-26(27)21-8-6-5-7-9-21)28(41)22-12-10-20(11-13-22)19-43-4/h5-9,14-16,20,22,26-27H,10-13,17-19H2,1-4H3/t20?,22?,26?,27-/m1/s1. The predicted octanol–water partition coefficient (Wildman–Crippen LogP) is 6.91. The molecule has 0 spiro atoms. The summed E-state index contributed by atoms with van der Waals surface area (Å²) in [6, 6.07) is 10.1. The number of hydrogen-bond donors (Lipinski definition) is 0. The summed E-state index contributed by atoms with van der Waals surface area (Å²) in [6.45, 7) is 3.88. The molecule has 0 N–H and O–H groups in total. The Morgan fingerprint density at radius 2 is 1.40 bits per heavy atom. The van der Waals surface area contributed by atoms with Crippen LogP contribution in [0.4, 0.5) is 26.3 Å². The number of likely N-dealkylation sites (N-methyl/N-ethyl adjacent to an activating group) is 1. The van der Waals surface area contributed by atoms with Crippen LogP contribution in [0.2, 0.25) is 0 Å². The minimum absolute atomic E-state index is 0.00658. The smallest absolute Gasteiger partial charge is 0.384 e. The zero-order valence-corrected chi connectivity index (χ0v) is 24.8. The van der Waals surface area contributed by atoms with Crippen molar-refractivity contribution < 1.29 is 40.7 Å². The minimum Gasteiger partial charge on any atom is -0.384 e. The lowest BCUT2D eigenvalue weighted by molar-refractivity contribution is -0.144. The molecule has 4 rings (SSSR count). The van der Waals surface area contributed by atoms with E-state index in [1.54, 1.807) is 12.0 Å². The fourth-order valence-corrected chi connectivity index (χ4v) is 6.49. The van der Waals surface area contributed by atoms with Crippen LogP contribution in [0, 0.1) is 11.8 Å². The van der Waals surface area contributed by atoms with Gasteiger partial charge < -0.3 is 14.5 Å². The molecular formula is C32H38F6N2O3. The average Bonchev–Trinajstić information content (AvgIpc) is 3.41. The van der Waals surface area contributed by atoms with Gasteiger partial charge in [0.2, 0.25) is 11.8 Å². The van der Waals surface area contributed by atoms with Gasteiger partial charge >= 0.3 is 12.4 Å². The summed E-state index contributed by atoms with van der Waals surface area (Å²) in [5.74, 6) is -0.650. The summed E-state index contributed by atoms with van der Waals surface area (Å²) in [6.07, 6.45) is -6.82. The van der Waals surface area contributed by atoms with Gasteiger partial charge in [-0.3, -0.25) is 9.59 Å². The Labute approximate surface area is 248 Å². The maximum atomic E-state index is 14.0. The first kappa shape index (κ1) is 32.8. The Balaban J connectivity index is 1.62. The molecule has 2 amide bonds. The van der Waals surface area contributed by atoms with E-state index >= 15 is 0 Å². The molecule has 2 aromatic rings. The van der Waals surface area contributed by atoms with Crippen molar-refractivity contribution in [1.29, 1.82) is 0 Å². The second-order valence-electron chi connectivity index (χ2n) is 12.3. The molecule has 236 valence electrons. The van der Waals surface area contributed by atoms with E-state index in [2.05, 4.69) is 0 Å². The average molecular weight is 613 g/mol. The van der Waals surface area contributed by atoms with E-state index in [0.29, 0.717) is 31.2 Å². The first-order valence-corrected chi connectivity index (χ1v) is 14.4. The van der Waals surface area contributed by atoms with E-state index in [4.69, 9.17) is 4.74 Å². The van der Waals surface area contributed by atoms with Crippen molar-refractivity contribution in [3.05, 3.63) is 70.8 Å². The number of rotatable bonds is 7. The highest BCUT2D eigenvalue weighted by atomic mass is 19.4. The maximum absolute atomic E-state index is 14.0. The van der Waals surface area contributed by atoms with Crippen LogP contribution >= 0.6 is 0 Å². The van der Waals surface area contributed by atoms with Crippen LogP contribution in [0.1, 0.15) is 67.7 Å². The molecule has 2 fully saturated rings. The SMILES string of the molecule is COCC1CCC(C(=O)N2CC(c3ccccc3)[C@H](N(C)C(=O)C(C)(C)c3cc(C(F)(F)F)cc(C(F)(F)F)c3)C2)CC1. The van der Waals surface area contributed by atoms with Gasteiger partial charge in [0, 0.05) is 45.7 Å². The van der Waals surface area contributed by atoms with Crippen LogP contribution in [0.5, 0.6) is 0 Å². The monoisotopic (exact) mass is 612 g/mol. The van der Waals surface area contributed by atoms with Gasteiger partial charge in [-0.15, -0.1) is 0 Å². The summed E-state index contributed by atoms with van der Waals surface area (Å²) < 4.78 is 86.8. The normalized spacial score (nSPS) is 23.3. The number of ether oxygens (including phenoxy) is 1. The van der Waals surface area contributed by atoms with Crippen LogP contribution in [0.25, 0.3) is 0 Å². The zero-order chi connectivity index (χ0) is 31.7. The molecule has 0 bridgehead atoms. The Bertz CT molecular complexity index is 1250. The van der Waals surface area contributed by atoms with Crippen molar-refractivity contribution in [2.45, 2.75) is 69.3 Å². The number of hydrogen-bond acceptors (Lipinski definition) is 3. The summed E-state index contributed by atoms with van der Waals surface area (Å²) in [5.41, 5.74) is -4.17. The predicted molar refractivity (Wildman–Crippen MR) is 149 cm³/mol. The lowest BCUT2D eigenvalue weighted by Crippen LogP contribution is -2.49. The van der Waals surface area contributed by atoms with Gasteiger partial charge in [0.25, 0.3) is 0 Å². The van der Waals surface area contributed by atoms with E-state index in [1.165, 1.54) is 25.8 Å². The molecule has 1 aliphatic heterocycles. The van der Waals surface area contributed by atoms with Gasteiger partial charge in [0.1, 0.15) is 0 Å². The Morgan fingerprint density at radius 3 is 1.91 bits per heavy atom. The number of alkyl halides is 6. The summed E-state index contributed by atoms with van der Waals surface area (Å²) in [4.78, 5) is 30.8. The molecule has 11 heteroatoms. The van der Waals surface area contributed by atoms with Crippen molar-refractivity contribution in [2.24, 2.45) is 11.8 Å². The second kappa shape index (κ2) is 12.5. The number of halogens is 6. The van der Waals surface area contributed by atoms with Crippen LogP contribution in [0.3, 0.4) is 0 Å². The van der Waals surface area contributed by atoms with Gasteiger partial charge in [-0.1, -0.05) is 30.3 Å². The zero-order valence-electron chi connectivity index (χ0n) is 24.8. The second-order valence-corrected chi connectivity index (χ2v) is 12.3. The van der Waals surface area contributed by atoms with Gasteiger partial charge in [-0.2, -0.15) is 26.3 Å². The number of methoxy groups -OCH3 is 1. The quantitative estimate of drug-likeness (QED) is 0.320. The largest absolute Gasteiger partial charge is 0.416 e. The first-order chi connectivity index (χ1) is 20.0. The van der Waals surface area contributed by atoms with Crippen molar-refractivity contribution in [1.82, 2.24) is 9.80 Å². The fraction of sp³-hybridized carbons (Fsp3) is 0.562. The van der Waals surface area contributed by atoms with E-state index in [-0.39, 0.29) is 35.9 Å². The Morgan fingerprint density at radius 1 is 0.860 bits per heavy atom. The third-order valence-corrected chi connectivity index (χ3v) is 9.09. The molecule has 5 nitrogen and oxygen atoms in total. The van der Waals surface area contributed by atoms with E-state index in [1.807, 2.05) is 30.3 Å². The summed E-state index contributed by atoms with van der Waals surface area (Å²) in [5, 5.41) is 0. The van der Waals surface area contributed by atoms with Gasteiger partial charge in [-0.25, -0.2) is 0 Å². The lowest BCUT2D eigenvalue weighted by atomic mass is 9.80. The van der Waals surface area contributed by atoms with Gasteiger partial charge in [0.15, 0.2) is 0 Å². The first-order valence-electron chi connectivity index (χ1n) is 14.4. The van der Waals surface area contributed by atoms with Crippen molar-refractivity contribution in [3.8, 4) is 0 Å². The molecule has 1 heterocycles. The van der Waals surface area contributed by atoms with E-state index in [9.17, 15) is 35.9 Å². The van der Waals surface area contributed by atoms with Gasteiger partial charge in [0.05, 0.1) is 22.6 Å². The molecule has 1 aliphatic carbocycles. The molecule has 2 aliphatic rings. The highest BCUT2D eigenvalue weighted by Gasteiger charge is 2.46.